The minimum atomic E-state index is -4.32. The fraction of sp³-hybridized carbons (Fsp3) is 0.417. The van der Waals surface area contributed by atoms with Crippen molar-refractivity contribution in [3.63, 3.8) is 0 Å². The lowest BCUT2D eigenvalue weighted by molar-refractivity contribution is -0.137. The van der Waals surface area contributed by atoms with Crippen molar-refractivity contribution in [2.24, 2.45) is 0 Å². The van der Waals surface area contributed by atoms with E-state index >= 15 is 0 Å². The Morgan fingerprint density at radius 1 is 1.12 bits per heavy atom. The highest BCUT2D eigenvalue weighted by molar-refractivity contribution is 5.81. The molecule has 0 radical (unpaired) electrons. The highest BCUT2D eigenvalue weighted by Crippen LogP contribution is 2.32. The van der Waals surface area contributed by atoms with Gasteiger partial charge in [0.2, 0.25) is 0 Å². The number of anilines is 1. The summed E-state index contributed by atoms with van der Waals surface area (Å²) in [4.78, 5) is 12.9. The van der Waals surface area contributed by atoms with Crippen LogP contribution in [0.15, 0.2) is 24.3 Å². The van der Waals surface area contributed by atoms with Crippen molar-refractivity contribution in [2.75, 3.05) is 18.0 Å². The van der Waals surface area contributed by atoms with E-state index in [1.807, 2.05) is 4.90 Å². The number of carbonyl (C=O) groups excluding carboxylic acids is 1. The predicted molar refractivity (Wildman–Crippen MR) is 57.9 cm³/mol. The van der Waals surface area contributed by atoms with Gasteiger partial charge < -0.3 is 4.90 Å². The van der Waals surface area contributed by atoms with Crippen LogP contribution < -0.4 is 4.90 Å². The molecule has 0 spiro atoms. The molecule has 2 rings (SSSR count). The molecular formula is C12H12F3NO. The van der Waals surface area contributed by atoms with E-state index in [0.717, 1.165) is 12.1 Å². The lowest BCUT2D eigenvalue weighted by atomic mass is 10.1. The summed E-state index contributed by atoms with van der Waals surface area (Å²) < 4.78 is 37.6. The summed E-state index contributed by atoms with van der Waals surface area (Å²) in [5.74, 6) is 0.174. The first-order valence-corrected chi connectivity index (χ1v) is 5.41. The van der Waals surface area contributed by atoms with E-state index in [9.17, 15) is 18.0 Å². The molecule has 1 aliphatic heterocycles. The van der Waals surface area contributed by atoms with Crippen molar-refractivity contribution in [1.82, 2.24) is 0 Å². The average Bonchev–Trinajstić information content (AvgIpc) is 2.29. The zero-order valence-corrected chi connectivity index (χ0v) is 9.13. The van der Waals surface area contributed by atoms with Crippen molar-refractivity contribution in [2.45, 2.75) is 19.0 Å². The van der Waals surface area contributed by atoms with Crippen LogP contribution >= 0.6 is 0 Å². The van der Waals surface area contributed by atoms with E-state index in [4.69, 9.17) is 0 Å². The van der Waals surface area contributed by atoms with Gasteiger partial charge in [0.05, 0.1) is 5.56 Å². The van der Waals surface area contributed by atoms with Gasteiger partial charge in [0, 0.05) is 31.6 Å². The Kier molecular flexibility index (Phi) is 3.09. The molecular weight excluding hydrogens is 231 g/mol. The van der Waals surface area contributed by atoms with Crippen molar-refractivity contribution >= 4 is 11.5 Å². The van der Waals surface area contributed by atoms with Crippen LogP contribution in [0.1, 0.15) is 18.4 Å². The van der Waals surface area contributed by atoms with E-state index in [-0.39, 0.29) is 5.78 Å². The maximum absolute atomic E-state index is 12.5. The molecule has 0 saturated carbocycles. The van der Waals surface area contributed by atoms with E-state index in [0.29, 0.717) is 31.6 Å². The molecule has 0 aliphatic carbocycles. The molecule has 1 fully saturated rings. The Labute approximate surface area is 97.0 Å². The number of hydrogen-bond donors (Lipinski definition) is 0. The minimum absolute atomic E-state index is 0.174. The Bertz CT molecular complexity index is 418. The van der Waals surface area contributed by atoms with Crippen LogP contribution in [0.2, 0.25) is 0 Å². The molecule has 1 aromatic rings. The second-order valence-corrected chi connectivity index (χ2v) is 4.07. The van der Waals surface area contributed by atoms with Gasteiger partial charge in [0.25, 0.3) is 0 Å². The number of rotatable bonds is 1. The Morgan fingerprint density at radius 2 is 1.76 bits per heavy atom. The molecule has 2 nitrogen and oxygen atoms in total. The number of carbonyl (C=O) groups is 1. The maximum atomic E-state index is 12.5. The first kappa shape index (κ1) is 12.0. The molecule has 5 heteroatoms. The first-order chi connectivity index (χ1) is 7.97. The number of halogens is 3. The van der Waals surface area contributed by atoms with Gasteiger partial charge in [0.15, 0.2) is 0 Å². The average molecular weight is 243 g/mol. The van der Waals surface area contributed by atoms with Crippen LogP contribution in [0.4, 0.5) is 18.9 Å². The highest BCUT2D eigenvalue weighted by atomic mass is 19.4. The van der Waals surface area contributed by atoms with Crippen molar-refractivity contribution in [3.05, 3.63) is 29.8 Å². The van der Waals surface area contributed by atoms with Crippen LogP contribution in [-0.4, -0.2) is 18.9 Å². The molecule has 1 aromatic carbocycles. The quantitative estimate of drug-likeness (QED) is 0.756. The molecule has 0 amide bonds. The van der Waals surface area contributed by atoms with Gasteiger partial charge in [-0.1, -0.05) is 6.07 Å². The third-order valence-corrected chi connectivity index (χ3v) is 2.86. The third-order valence-electron chi connectivity index (χ3n) is 2.86. The summed E-state index contributed by atoms with van der Waals surface area (Å²) in [6, 6.07) is 5.23. The van der Waals surface area contributed by atoms with Gasteiger partial charge in [-0.2, -0.15) is 13.2 Å². The molecule has 0 unspecified atom stereocenters. The Balaban J connectivity index is 2.19. The summed E-state index contributed by atoms with van der Waals surface area (Å²) in [5, 5.41) is 0. The second kappa shape index (κ2) is 4.39. The summed E-state index contributed by atoms with van der Waals surface area (Å²) in [5.41, 5.74) is -0.112. The lowest BCUT2D eigenvalue weighted by Gasteiger charge is -2.28. The zero-order chi connectivity index (χ0) is 12.5. The van der Waals surface area contributed by atoms with Gasteiger partial charge in [-0.05, 0) is 18.2 Å². The number of Topliss-reactive ketones (excluding diaryl/α,β-unsaturated/α-hetero) is 1. The van der Waals surface area contributed by atoms with Crippen LogP contribution in [0.25, 0.3) is 0 Å². The van der Waals surface area contributed by atoms with Crippen LogP contribution in [0.3, 0.4) is 0 Å². The number of nitrogens with zero attached hydrogens (tertiary/aromatic N) is 1. The third kappa shape index (κ3) is 2.78. The fourth-order valence-electron chi connectivity index (χ4n) is 1.89. The molecule has 0 aromatic heterocycles. The minimum Gasteiger partial charge on any atom is -0.371 e. The standard InChI is InChI=1S/C12H12F3NO/c13-12(14,15)9-2-1-3-10(8-9)16-6-4-11(17)5-7-16/h1-3,8H,4-7H2. The van der Waals surface area contributed by atoms with Crippen molar-refractivity contribution < 1.29 is 18.0 Å². The molecule has 0 N–H and O–H groups in total. The lowest BCUT2D eigenvalue weighted by Crippen LogP contribution is -2.33. The zero-order valence-electron chi connectivity index (χ0n) is 9.13. The number of ketones is 1. The van der Waals surface area contributed by atoms with Gasteiger partial charge in [0.1, 0.15) is 5.78 Å². The molecule has 0 atom stereocenters. The smallest absolute Gasteiger partial charge is 0.371 e. The summed E-state index contributed by atoms with van der Waals surface area (Å²) in [7, 11) is 0. The Hall–Kier alpha value is -1.52. The summed E-state index contributed by atoms with van der Waals surface area (Å²) in [6.07, 6.45) is -3.49. The van der Waals surface area contributed by atoms with Crippen molar-refractivity contribution in [3.8, 4) is 0 Å². The molecule has 17 heavy (non-hydrogen) atoms. The topological polar surface area (TPSA) is 20.3 Å². The summed E-state index contributed by atoms with van der Waals surface area (Å²) >= 11 is 0. The van der Waals surface area contributed by atoms with Gasteiger partial charge in [-0.15, -0.1) is 0 Å². The molecule has 1 saturated heterocycles. The summed E-state index contributed by atoms with van der Waals surface area (Å²) in [6.45, 7) is 1.00. The number of hydrogen-bond acceptors (Lipinski definition) is 2. The van der Waals surface area contributed by atoms with Crippen LogP contribution in [0.5, 0.6) is 0 Å². The van der Waals surface area contributed by atoms with E-state index in [2.05, 4.69) is 0 Å². The van der Waals surface area contributed by atoms with E-state index in [1.165, 1.54) is 6.07 Å². The number of piperidine rings is 1. The molecule has 1 aliphatic rings. The normalized spacial score (nSPS) is 17.4. The molecule has 0 bridgehead atoms. The van der Waals surface area contributed by atoms with E-state index in [1.54, 1.807) is 6.07 Å². The highest BCUT2D eigenvalue weighted by Gasteiger charge is 2.31. The SMILES string of the molecule is O=C1CCN(c2cccc(C(F)(F)F)c2)CC1. The maximum Gasteiger partial charge on any atom is 0.416 e. The second-order valence-electron chi connectivity index (χ2n) is 4.07. The number of alkyl halides is 3. The monoisotopic (exact) mass is 243 g/mol. The van der Waals surface area contributed by atoms with E-state index < -0.39 is 11.7 Å². The Morgan fingerprint density at radius 3 is 2.35 bits per heavy atom. The predicted octanol–water partition coefficient (Wildman–Crippen LogP) is 2.87. The first-order valence-electron chi connectivity index (χ1n) is 5.41. The van der Waals surface area contributed by atoms with Crippen molar-refractivity contribution in [1.29, 1.82) is 0 Å². The van der Waals surface area contributed by atoms with Gasteiger partial charge in [-0.3, -0.25) is 4.79 Å². The van der Waals surface area contributed by atoms with Crippen LogP contribution in [0, 0.1) is 0 Å². The molecule has 92 valence electrons. The van der Waals surface area contributed by atoms with Gasteiger partial charge >= 0.3 is 6.18 Å². The van der Waals surface area contributed by atoms with Crippen LogP contribution in [-0.2, 0) is 11.0 Å². The fourth-order valence-corrected chi connectivity index (χ4v) is 1.89. The van der Waals surface area contributed by atoms with Gasteiger partial charge in [-0.25, -0.2) is 0 Å². The number of benzene rings is 1. The largest absolute Gasteiger partial charge is 0.416 e. The molecule has 1 heterocycles.